The van der Waals surface area contributed by atoms with E-state index in [1.807, 2.05) is 0 Å². The maximum atomic E-state index is 3.52. The molecule has 0 aromatic rings. The summed E-state index contributed by atoms with van der Waals surface area (Å²) < 4.78 is 0. The lowest BCUT2D eigenvalue weighted by atomic mass is 10.3. The summed E-state index contributed by atoms with van der Waals surface area (Å²) >= 11 is 2.11. The first-order valence-corrected chi connectivity index (χ1v) is 5.72. The van der Waals surface area contributed by atoms with Gasteiger partial charge in [0.25, 0.3) is 0 Å². The minimum Gasteiger partial charge on any atom is -0.313 e. The molecule has 1 nitrogen and oxygen atoms in total. The fourth-order valence-corrected chi connectivity index (χ4v) is 2.38. The third kappa shape index (κ3) is 3.48. The lowest BCUT2D eigenvalue weighted by Gasteiger charge is -2.12. The molecular weight excluding hydrogens is 154 g/mol. The van der Waals surface area contributed by atoms with Gasteiger partial charge in [-0.3, -0.25) is 0 Å². The lowest BCUT2D eigenvalue weighted by Crippen LogP contribution is -2.24. The molecule has 2 atom stereocenters. The van der Waals surface area contributed by atoms with Crippen molar-refractivity contribution in [3.63, 3.8) is 0 Å². The molecule has 1 saturated heterocycles. The zero-order chi connectivity index (χ0) is 8.10. The van der Waals surface area contributed by atoms with E-state index in [2.05, 4.69) is 30.9 Å². The molecule has 0 radical (unpaired) electrons. The lowest BCUT2D eigenvalue weighted by molar-refractivity contribution is 0.672. The molecule has 1 rings (SSSR count). The Labute approximate surface area is 74.3 Å². The van der Waals surface area contributed by atoms with Gasteiger partial charge in [-0.1, -0.05) is 13.8 Å². The maximum absolute atomic E-state index is 3.52. The van der Waals surface area contributed by atoms with Crippen LogP contribution in [-0.2, 0) is 0 Å². The standard InChI is InChI=1S/C9H19NS/c1-3-8(2)11-7-9-5-4-6-10-9/h8-10H,3-7H2,1-2H3. The van der Waals surface area contributed by atoms with Crippen molar-refractivity contribution in [3.05, 3.63) is 0 Å². The monoisotopic (exact) mass is 173 g/mol. The highest BCUT2D eigenvalue weighted by molar-refractivity contribution is 7.99. The Hall–Kier alpha value is 0.310. The molecule has 1 heterocycles. The van der Waals surface area contributed by atoms with E-state index >= 15 is 0 Å². The van der Waals surface area contributed by atoms with Gasteiger partial charge in [0.2, 0.25) is 0 Å². The van der Waals surface area contributed by atoms with Gasteiger partial charge < -0.3 is 5.32 Å². The SMILES string of the molecule is CCC(C)SCC1CCCN1. The molecule has 0 aromatic heterocycles. The fraction of sp³-hybridized carbons (Fsp3) is 1.00. The molecule has 0 aliphatic carbocycles. The van der Waals surface area contributed by atoms with Crippen molar-refractivity contribution >= 4 is 11.8 Å². The number of hydrogen-bond donors (Lipinski definition) is 1. The van der Waals surface area contributed by atoms with Crippen LogP contribution in [-0.4, -0.2) is 23.6 Å². The molecule has 1 fully saturated rings. The number of hydrogen-bond acceptors (Lipinski definition) is 2. The number of thioether (sulfide) groups is 1. The predicted molar refractivity (Wildman–Crippen MR) is 53.2 cm³/mol. The largest absolute Gasteiger partial charge is 0.313 e. The molecule has 2 unspecified atom stereocenters. The quantitative estimate of drug-likeness (QED) is 0.700. The number of rotatable bonds is 4. The number of nitrogens with one attached hydrogen (secondary N) is 1. The summed E-state index contributed by atoms with van der Waals surface area (Å²) in [4.78, 5) is 0. The van der Waals surface area contributed by atoms with Crippen LogP contribution < -0.4 is 5.32 Å². The Morgan fingerprint density at radius 3 is 3.00 bits per heavy atom. The van der Waals surface area contributed by atoms with Crippen molar-refractivity contribution in [1.82, 2.24) is 5.32 Å². The Bertz CT molecular complexity index is 99.7. The summed E-state index contributed by atoms with van der Waals surface area (Å²) in [5, 5.41) is 4.36. The van der Waals surface area contributed by atoms with Crippen LogP contribution in [0.25, 0.3) is 0 Å². The highest BCUT2D eigenvalue weighted by Crippen LogP contribution is 2.18. The van der Waals surface area contributed by atoms with Gasteiger partial charge in [0.1, 0.15) is 0 Å². The maximum Gasteiger partial charge on any atom is 0.0158 e. The van der Waals surface area contributed by atoms with Crippen LogP contribution in [0.4, 0.5) is 0 Å². The topological polar surface area (TPSA) is 12.0 Å². The van der Waals surface area contributed by atoms with E-state index in [4.69, 9.17) is 0 Å². The van der Waals surface area contributed by atoms with E-state index in [-0.39, 0.29) is 0 Å². The summed E-state index contributed by atoms with van der Waals surface area (Å²) in [5.74, 6) is 1.31. The average molecular weight is 173 g/mol. The van der Waals surface area contributed by atoms with Crippen LogP contribution in [0.5, 0.6) is 0 Å². The zero-order valence-electron chi connectivity index (χ0n) is 7.60. The third-order valence-electron chi connectivity index (χ3n) is 2.32. The summed E-state index contributed by atoms with van der Waals surface area (Å²) in [6.07, 6.45) is 4.08. The molecule has 1 N–H and O–H groups in total. The smallest absolute Gasteiger partial charge is 0.0158 e. The van der Waals surface area contributed by atoms with E-state index in [1.165, 1.54) is 31.6 Å². The Kier molecular flexibility index (Phi) is 4.31. The first-order chi connectivity index (χ1) is 5.33. The molecule has 1 aliphatic rings. The van der Waals surface area contributed by atoms with Gasteiger partial charge >= 0.3 is 0 Å². The molecule has 11 heavy (non-hydrogen) atoms. The zero-order valence-corrected chi connectivity index (χ0v) is 8.41. The van der Waals surface area contributed by atoms with E-state index in [0.29, 0.717) is 0 Å². The molecular formula is C9H19NS. The molecule has 0 saturated carbocycles. The molecule has 0 spiro atoms. The van der Waals surface area contributed by atoms with E-state index in [0.717, 1.165) is 11.3 Å². The summed E-state index contributed by atoms with van der Waals surface area (Å²) in [6.45, 7) is 5.82. The normalized spacial score (nSPS) is 27.3. The van der Waals surface area contributed by atoms with Gasteiger partial charge in [-0.25, -0.2) is 0 Å². The van der Waals surface area contributed by atoms with E-state index < -0.39 is 0 Å². The Morgan fingerprint density at radius 2 is 2.45 bits per heavy atom. The van der Waals surface area contributed by atoms with E-state index in [1.54, 1.807) is 0 Å². The molecule has 66 valence electrons. The second kappa shape index (κ2) is 5.04. The first-order valence-electron chi connectivity index (χ1n) is 4.68. The third-order valence-corrected chi connectivity index (χ3v) is 3.82. The van der Waals surface area contributed by atoms with Gasteiger partial charge in [0.05, 0.1) is 0 Å². The van der Waals surface area contributed by atoms with Gasteiger partial charge in [-0.05, 0) is 25.8 Å². The van der Waals surface area contributed by atoms with Crippen molar-refractivity contribution in [2.45, 2.75) is 44.4 Å². The summed E-state index contributed by atoms with van der Waals surface area (Å²) in [5.41, 5.74) is 0. The Morgan fingerprint density at radius 1 is 1.64 bits per heavy atom. The van der Waals surface area contributed by atoms with Crippen molar-refractivity contribution < 1.29 is 0 Å². The van der Waals surface area contributed by atoms with Crippen LogP contribution in [0.3, 0.4) is 0 Å². The first kappa shape index (κ1) is 9.40. The van der Waals surface area contributed by atoms with Gasteiger partial charge in [0, 0.05) is 17.0 Å². The second-order valence-electron chi connectivity index (χ2n) is 3.35. The van der Waals surface area contributed by atoms with Gasteiger partial charge in [0.15, 0.2) is 0 Å². The van der Waals surface area contributed by atoms with Crippen molar-refractivity contribution in [2.75, 3.05) is 12.3 Å². The van der Waals surface area contributed by atoms with Crippen LogP contribution >= 0.6 is 11.8 Å². The average Bonchev–Trinajstić information content (AvgIpc) is 2.52. The Balaban J connectivity index is 2.01. The molecule has 1 aliphatic heterocycles. The van der Waals surface area contributed by atoms with Gasteiger partial charge in [-0.15, -0.1) is 0 Å². The highest BCUT2D eigenvalue weighted by Gasteiger charge is 2.14. The van der Waals surface area contributed by atoms with E-state index in [9.17, 15) is 0 Å². The minimum absolute atomic E-state index is 0.814. The van der Waals surface area contributed by atoms with Crippen LogP contribution in [0.1, 0.15) is 33.1 Å². The second-order valence-corrected chi connectivity index (χ2v) is 4.82. The fourth-order valence-electron chi connectivity index (χ4n) is 1.30. The van der Waals surface area contributed by atoms with Crippen LogP contribution in [0.15, 0.2) is 0 Å². The summed E-state index contributed by atoms with van der Waals surface area (Å²) in [6, 6.07) is 0.814. The highest BCUT2D eigenvalue weighted by atomic mass is 32.2. The summed E-state index contributed by atoms with van der Waals surface area (Å²) in [7, 11) is 0. The molecule has 0 bridgehead atoms. The van der Waals surface area contributed by atoms with Crippen molar-refractivity contribution in [1.29, 1.82) is 0 Å². The van der Waals surface area contributed by atoms with Crippen molar-refractivity contribution in [2.24, 2.45) is 0 Å². The molecule has 0 amide bonds. The molecule has 0 aromatic carbocycles. The van der Waals surface area contributed by atoms with Gasteiger partial charge in [-0.2, -0.15) is 11.8 Å². The van der Waals surface area contributed by atoms with Crippen LogP contribution in [0, 0.1) is 0 Å². The van der Waals surface area contributed by atoms with Crippen LogP contribution in [0.2, 0.25) is 0 Å². The molecule has 2 heteroatoms. The predicted octanol–water partition coefficient (Wildman–Crippen LogP) is 2.27. The minimum atomic E-state index is 0.814. The van der Waals surface area contributed by atoms with Crippen molar-refractivity contribution in [3.8, 4) is 0 Å².